The van der Waals surface area contributed by atoms with Gasteiger partial charge in [-0.15, -0.1) is 0 Å². The quantitative estimate of drug-likeness (QED) is 0.473. The Hall–Kier alpha value is -2.15. The maximum atomic E-state index is 11.8. The largest absolute Gasteiger partial charge is 0.410 e. The van der Waals surface area contributed by atoms with Crippen molar-refractivity contribution >= 4 is 11.6 Å². The fourth-order valence-corrected chi connectivity index (χ4v) is 2.51. The van der Waals surface area contributed by atoms with Crippen molar-refractivity contribution in [3.05, 3.63) is 79.1 Å². The summed E-state index contributed by atoms with van der Waals surface area (Å²) in [4.78, 5) is 23.6. The van der Waals surface area contributed by atoms with E-state index in [0.29, 0.717) is 24.1 Å². The van der Waals surface area contributed by atoms with E-state index in [-0.39, 0.29) is 34.4 Å². The van der Waals surface area contributed by atoms with Crippen LogP contribution < -0.4 is 10.6 Å². The van der Waals surface area contributed by atoms with Crippen LogP contribution in [0.25, 0.3) is 0 Å². The van der Waals surface area contributed by atoms with Crippen LogP contribution in [0.5, 0.6) is 0 Å². The third-order valence-corrected chi connectivity index (χ3v) is 4.11. The number of carbonyl (C=O) groups excluding carboxylic acids is 2. The van der Waals surface area contributed by atoms with Gasteiger partial charge in [-0.1, -0.05) is 36.8 Å². The molecule has 147 valence electrons. The Morgan fingerprint density at radius 1 is 1.04 bits per heavy atom. The fourth-order valence-electron chi connectivity index (χ4n) is 2.51. The first-order valence-electron chi connectivity index (χ1n) is 8.50. The average molecular weight is 412 g/mol. The minimum Gasteiger partial charge on any atom is -0.410 e. The molecular formula is C21H25CoN2O3-. The van der Waals surface area contributed by atoms with E-state index in [1.807, 2.05) is 19.1 Å². The van der Waals surface area contributed by atoms with Crippen molar-refractivity contribution in [2.24, 2.45) is 0 Å². The third-order valence-electron chi connectivity index (χ3n) is 4.11. The van der Waals surface area contributed by atoms with E-state index in [2.05, 4.69) is 17.6 Å². The van der Waals surface area contributed by atoms with Gasteiger partial charge in [0.05, 0.1) is 0 Å². The van der Waals surface area contributed by atoms with Crippen molar-refractivity contribution in [3.8, 4) is 0 Å². The Labute approximate surface area is 171 Å². The first-order chi connectivity index (χ1) is 12.4. The van der Waals surface area contributed by atoms with Crippen LogP contribution in [0.2, 0.25) is 0 Å². The Kier molecular flexibility index (Phi) is 9.21. The monoisotopic (exact) mass is 412 g/mol. The smallest absolute Gasteiger partial charge is 0.187 e. The number of hydrogen-bond acceptors (Lipinski definition) is 5. The predicted octanol–water partition coefficient (Wildman–Crippen LogP) is 2.32. The van der Waals surface area contributed by atoms with E-state index in [1.165, 1.54) is 12.2 Å². The zero-order valence-electron chi connectivity index (χ0n) is 15.5. The molecule has 0 aliphatic heterocycles. The summed E-state index contributed by atoms with van der Waals surface area (Å²) in [6, 6.07) is -0.0490. The van der Waals surface area contributed by atoms with Gasteiger partial charge in [-0.05, 0) is 30.7 Å². The molecule has 0 aromatic rings. The molecule has 0 bridgehead atoms. The molecule has 5 nitrogen and oxygen atoms in total. The van der Waals surface area contributed by atoms with Gasteiger partial charge in [0.2, 0.25) is 0 Å². The normalized spacial score (nSPS) is 21.9. The van der Waals surface area contributed by atoms with Crippen LogP contribution in [-0.2, 0) is 31.1 Å². The number of carbonyl (C=O) groups is 2. The van der Waals surface area contributed by atoms with Crippen LogP contribution >= 0.6 is 0 Å². The van der Waals surface area contributed by atoms with Gasteiger partial charge in [-0.25, -0.2) is 0 Å². The molecule has 2 atom stereocenters. The summed E-state index contributed by atoms with van der Waals surface area (Å²) in [5.41, 5.74) is 0.625. The van der Waals surface area contributed by atoms with E-state index in [0.717, 1.165) is 0 Å². The van der Waals surface area contributed by atoms with Crippen LogP contribution in [0.15, 0.2) is 72.2 Å². The summed E-state index contributed by atoms with van der Waals surface area (Å²) in [5.74, 6) is -0.0714. The summed E-state index contributed by atoms with van der Waals surface area (Å²) in [6.07, 6.45) is 17.7. The number of ketones is 2. The zero-order chi connectivity index (χ0) is 19.0. The molecule has 2 N–H and O–H groups in total. The standard InChI is InChI=1S/C21H25N2O3.Co/c1-21(2,26-3)12-18(23-14-17-9-5-7-11-20(17)25)15-22-13-16-8-4-6-10-19(16)24;/h4-11,13-14,18,22-23H,1,12,15H2,2-3H3;/q-1;/b16-13-,17-14-;. The van der Waals surface area contributed by atoms with Gasteiger partial charge < -0.3 is 22.3 Å². The van der Waals surface area contributed by atoms with Crippen molar-refractivity contribution in [2.75, 3.05) is 13.7 Å². The van der Waals surface area contributed by atoms with Crippen LogP contribution in [0.1, 0.15) is 13.3 Å². The molecule has 0 saturated carbocycles. The third kappa shape index (κ3) is 7.54. The fraction of sp³-hybridized carbons (Fsp3) is 0.286. The predicted molar refractivity (Wildman–Crippen MR) is 103 cm³/mol. The number of hydrogen-bond donors (Lipinski definition) is 2. The molecular weight excluding hydrogens is 387 g/mol. The van der Waals surface area contributed by atoms with Gasteiger partial charge in [0.25, 0.3) is 0 Å². The van der Waals surface area contributed by atoms with E-state index in [1.54, 1.807) is 43.8 Å². The van der Waals surface area contributed by atoms with E-state index in [4.69, 9.17) is 4.74 Å². The summed E-state index contributed by atoms with van der Waals surface area (Å²) < 4.78 is 5.41. The summed E-state index contributed by atoms with van der Waals surface area (Å²) >= 11 is 0. The minimum absolute atomic E-state index is 0. The second-order valence-corrected chi connectivity index (χ2v) is 6.49. The SMILES string of the molecule is [CH2-]C(C)(CC(CN/C=C1/C=CC=CC1=O)N/C=C1/C=CC=CC1=O)OC.[Co]. The molecule has 0 saturated heterocycles. The number of allylic oxidation sites excluding steroid dienone is 10. The Morgan fingerprint density at radius 3 is 2.07 bits per heavy atom. The van der Waals surface area contributed by atoms with Gasteiger partial charge in [0, 0.05) is 60.0 Å². The second-order valence-electron chi connectivity index (χ2n) is 6.49. The van der Waals surface area contributed by atoms with Crippen molar-refractivity contribution in [1.29, 1.82) is 0 Å². The van der Waals surface area contributed by atoms with Crippen molar-refractivity contribution < 1.29 is 31.1 Å². The van der Waals surface area contributed by atoms with Gasteiger partial charge in [-0.3, -0.25) is 9.59 Å². The molecule has 2 aliphatic carbocycles. The second kappa shape index (κ2) is 10.9. The molecule has 0 spiro atoms. The summed E-state index contributed by atoms with van der Waals surface area (Å²) in [6.45, 7) is 6.50. The number of nitrogens with one attached hydrogen (secondary N) is 2. The Balaban J connectivity index is 0.00000364. The van der Waals surface area contributed by atoms with Crippen LogP contribution in [0.4, 0.5) is 0 Å². The first-order valence-corrected chi connectivity index (χ1v) is 8.50. The molecule has 0 heterocycles. The van der Waals surface area contributed by atoms with E-state index >= 15 is 0 Å². The van der Waals surface area contributed by atoms with Crippen LogP contribution in [-0.4, -0.2) is 36.9 Å². The van der Waals surface area contributed by atoms with Crippen LogP contribution in [0.3, 0.4) is 0 Å². The molecule has 2 rings (SSSR count). The maximum absolute atomic E-state index is 11.8. The molecule has 2 aliphatic rings. The molecule has 27 heavy (non-hydrogen) atoms. The first kappa shape index (κ1) is 22.9. The summed E-state index contributed by atoms with van der Waals surface area (Å²) in [7, 11) is 1.62. The van der Waals surface area contributed by atoms with E-state index < -0.39 is 5.60 Å². The topological polar surface area (TPSA) is 67.4 Å². The molecule has 0 aromatic carbocycles. The Morgan fingerprint density at radius 2 is 1.56 bits per heavy atom. The number of methoxy groups -OCH3 is 1. The maximum Gasteiger partial charge on any atom is 0.187 e. The molecule has 6 heteroatoms. The number of ether oxygens (including phenoxy) is 1. The molecule has 2 unspecified atom stereocenters. The van der Waals surface area contributed by atoms with Crippen molar-refractivity contribution in [1.82, 2.24) is 10.6 Å². The molecule has 0 aromatic heterocycles. The van der Waals surface area contributed by atoms with Crippen LogP contribution in [0, 0.1) is 6.92 Å². The number of rotatable bonds is 8. The van der Waals surface area contributed by atoms with Crippen molar-refractivity contribution in [2.45, 2.75) is 25.0 Å². The Bertz CT molecular complexity index is 728. The molecule has 0 amide bonds. The zero-order valence-corrected chi connectivity index (χ0v) is 16.6. The minimum atomic E-state index is -0.569. The molecule has 1 radical (unpaired) electrons. The van der Waals surface area contributed by atoms with E-state index in [9.17, 15) is 9.59 Å². The van der Waals surface area contributed by atoms with Gasteiger partial charge in [0.1, 0.15) is 0 Å². The molecule has 0 fully saturated rings. The average Bonchev–Trinajstić information content (AvgIpc) is 2.62. The van der Waals surface area contributed by atoms with Crippen molar-refractivity contribution in [3.63, 3.8) is 0 Å². The van der Waals surface area contributed by atoms with Gasteiger partial charge in [-0.2, -0.15) is 0 Å². The van der Waals surface area contributed by atoms with Gasteiger partial charge in [0.15, 0.2) is 11.6 Å². The van der Waals surface area contributed by atoms with Gasteiger partial charge >= 0.3 is 0 Å². The summed E-state index contributed by atoms with van der Waals surface area (Å²) in [5, 5.41) is 6.43.